The first-order valence-corrected chi connectivity index (χ1v) is 7.21. The molecule has 0 aliphatic heterocycles. The number of hydrogen-bond donors (Lipinski definition) is 1. The van der Waals surface area contributed by atoms with Gasteiger partial charge < -0.3 is 10.1 Å². The van der Waals surface area contributed by atoms with Crippen molar-refractivity contribution in [2.24, 2.45) is 0 Å². The van der Waals surface area contributed by atoms with E-state index in [2.05, 4.69) is 17.2 Å². The Labute approximate surface area is 128 Å². The summed E-state index contributed by atoms with van der Waals surface area (Å²) >= 11 is 11.8. The van der Waals surface area contributed by atoms with Crippen molar-refractivity contribution in [3.8, 4) is 5.75 Å². The minimum atomic E-state index is 0.443. The molecule has 1 aromatic carbocycles. The molecule has 0 atom stereocenters. The normalized spacial score (nSPS) is 10.3. The monoisotopic (exact) mass is 310 g/mol. The molecule has 1 aromatic heterocycles. The van der Waals surface area contributed by atoms with Gasteiger partial charge in [-0.3, -0.25) is 0 Å². The third-order valence-electron chi connectivity index (χ3n) is 2.68. The summed E-state index contributed by atoms with van der Waals surface area (Å²) in [6.07, 6.45) is 2.87. The summed E-state index contributed by atoms with van der Waals surface area (Å²) in [6, 6.07) is 9.15. The first-order valence-electron chi connectivity index (χ1n) is 6.45. The van der Waals surface area contributed by atoms with E-state index in [1.54, 1.807) is 24.4 Å². The van der Waals surface area contributed by atoms with Crippen molar-refractivity contribution in [3.05, 3.63) is 52.1 Å². The van der Waals surface area contributed by atoms with Gasteiger partial charge in [0, 0.05) is 24.4 Å². The topological polar surface area (TPSA) is 34.1 Å². The van der Waals surface area contributed by atoms with Gasteiger partial charge in [0.1, 0.15) is 18.2 Å². The Balaban J connectivity index is 1.91. The van der Waals surface area contributed by atoms with Crippen molar-refractivity contribution in [1.29, 1.82) is 0 Å². The Kier molecular flexibility index (Phi) is 5.50. The third-order valence-corrected chi connectivity index (χ3v) is 3.42. The second-order valence-electron chi connectivity index (χ2n) is 4.34. The van der Waals surface area contributed by atoms with Crippen LogP contribution in [0.5, 0.6) is 5.75 Å². The highest BCUT2D eigenvalue weighted by Gasteiger charge is 2.01. The summed E-state index contributed by atoms with van der Waals surface area (Å²) in [5.41, 5.74) is 0.998. The molecule has 0 saturated heterocycles. The lowest BCUT2D eigenvalue weighted by Gasteiger charge is -2.08. The van der Waals surface area contributed by atoms with Crippen molar-refractivity contribution in [2.75, 3.05) is 11.9 Å². The fourth-order valence-electron chi connectivity index (χ4n) is 1.60. The van der Waals surface area contributed by atoms with Gasteiger partial charge >= 0.3 is 0 Å². The maximum absolute atomic E-state index is 5.93. The predicted octanol–water partition coefficient (Wildman–Crippen LogP) is 4.79. The van der Waals surface area contributed by atoms with Crippen LogP contribution in [0.1, 0.15) is 18.9 Å². The molecule has 0 saturated carbocycles. The number of nitrogens with zero attached hydrogens (tertiary/aromatic N) is 1. The summed E-state index contributed by atoms with van der Waals surface area (Å²) in [6.45, 7) is 3.48. The molecule has 0 fully saturated rings. The molecule has 2 aromatic rings. The van der Waals surface area contributed by atoms with Crippen LogP contribution in [0.4, 0.5) is 5.82 Å². The number of rotatable bonds is 6. The third kappa shape index (κ3) is 4.29. The molecule has 2 rings (SSSR count). The number of halogens is 2. The second-order valence-corrected chi connectivity index (χ2v) is 5.16. The van der Waals surface area contributed by atoms with Crippen LogP contribution < -0.4 is 10.1 Å². The fraction of sp³-hybridized carbons (Fsp3) is 0.267. The number of nitrogens with one attached hydrogen (secondary N) is 1. The van der Waals surface area contributed by atoms with Gasteiger partial charge in [0.25, 0.3) is 0 Å². The van der Waals surface area contributed by atoms with Crippen LogP contribution in [0.15, 0.2) is 36.5 Å². The number of benzene rings is 1. The van der Waals surface area contributed by atoms with E-state index in [4.69, 9.17) is 27.9 Å². The van der Waals surface area contributed by atoms with Crippen molar-refractivity contribution in [1.82, 2.24) is 4.98 Å². The van der Waals surface area contributed by atoms with Gasteiger partial charge in [-0.15, -0.1) is 0 Å². The summed E-state index contributed by atoms with van der Waals surface area (Å²) < 4.78 is 5.65. The van der Waals surface area contributed by atoms with Crippen LogP contribution in [-0.2, 0) is 6.61 Å². The van der Waals surface area contributed by atoms with E-state index < -0.39 is 0 Å². The zero-order chi connectivity index (χ0) is 14.4. The van der Waals surface area contributed by atoms with E-state index in [9.17, 15) is 0 Å². The lowest BCUT2D eigenvalue weighted by Crippen LogP contribution is -2.02. The quantitative estimate of drug-likeness (QED) is 0.833. The molecule has 0 radical (unpaired) electrons. The molecule has 106 valence electrons. The average Bonchev–Trinajstić information content (AvgIpc) is 2.47. The minimum Gasteiger partial charge on any atom is -0.489 e. The average molecular weight is 311 g/mol. The highest BCUT2D eigenvalue weighted by atomic mass is 35.5. The Morgan fingerprint density at radius 3 is 2.65 bits per heavy atom. The molecule has 5 heteroatoms. The molecular weight excluding hydrogens is 295 g/mol. The van der Waals surface area contributed by atoms with Crippen LogP contribution in [0.2, 0.25) is 10.0 Å². The Hall–Kier alpha value is -1.45. The van der Waals surface area contributed by atoms with Crippen LogP contribution in [0, 0.1) is 0 Å². The number of anilines is 1. The Morgan fingerprint density at radius 2 is 2.00 bits per heavy atom. The molecule has 0 bridgehead atoms. The van der Waals surface area contributed by atoms with Gasteiger partial charge in [0.05, 0.1) is 10.0 Å². The molecule has 0 unspecified atom stereocenters. The molecular formula is C15H16Cl2N2O. The maximum Gasteiger partial charge on any atom is 0.125 e. The van der Waals surface area contributed by atoms with Gasteiger partial charge in [-0.05, 0) is 24.6 Å². The summed E-state index contributed by atoms with van der Waals surface area (Å²) in [5.74, 6) is 1.57. The SMILES string of the molecule is CCCNc1ccc(COc2ccc(Cl)c(Cl)c2)cn1. The first-order chi connectivity index (χ1) is 9.69. The van der Waals surface area contributed by atoms with E-state index >= 15 is 0 Å². The smallest absolute Gasteiger partial charge is 0.125 e. The molecule has 1 N–H and O–H groups in total. The maximum atomic E-state index is 5.93. The zero-order valence-corrected chi connectivity index (χ0v) is 12.7. The summed E-state index contributed by atoms with van der Waals surface area (Å²) in [4.78, 5) is 4.32. The largest absolute Gasteiger partial charge is 0.489 e. The van der Waals surface area contributed by atoms with E-state index in [1.807, 2.05) is 12.1 Å². The highest BCUT2D eigenvalue weighted by Crippen LogP contribution is 2.26. The number of ether oxygens (including phenoxy) is 1. The number of hydrogen-bond acceptors (Lipinski definition) is 3. The predicted molar refractivity (Wildman–Crippen MR) is 83.8 cm³/mol. The highest BCUT2D eigenvalue weighted by molar-refractivity contribution is 6.42. The number of aromatic nitrogens is 1. The number of pyridine rings is 1. The van der Waals surface area contributed by atoms with Gasteiger partial charge in [-0.1, -0.05) is 36.2 Å². The second kappa shape index (κ2) is 7.36. The Bertz CT molecular complexity index is 558. The minimum absolute atomic E-state index is 0.443. The lowest BCUT2D eigenvalue weighted by atomic mass is 10.3. The van der Waals surface area contributed by atoms with Gasteiger partial charge in [0.2, 0.25) is 0 Å². The van der Waals surface area contributed by atoms with Crippen LogP contribution >= 0.6 is 23.2 Å². The zero-order valence-electron chi connectivity index (χ0n) is 11.2. The van der Waals surface area contributed by atoms with Crippen LogP contribution in [-0.4, -0.2) is 11.5 Å². The molecule has 0 amide bonds. The van der Waals surface area contributed by atoms with Crippen molar-refractivity contribution < 1.29 is 4.74 Å². The lowest BCUT2D eigenvalue weighted by molar-refractivity contribution is 0.306. The standard InChI is InChI=1S/C15H16Cl2N2O/c1-2-7-18-15-6-3-11(9-19-15)10-20-12-4-5-13(16)14(17)8-12/h3-6,8-9H,2,7,10H2,1H3,(H,18,19). The molecule has 0 spiro atoms. The van der Waals surface area contributed by atoms with Crippen molar-refractivity contribution in [3.63, 3.8) is 0 Å². The van der Waals surface area contributed by atoms with Gasteiger partial charge in [-0.2, -0.15) is 0 Å². The fourth-order valence-corrected chi connectivity index (χ4v) is 1.89. The van der Waals surface area contributed by atoms with Gasteiger partial charge in [-0.25, -0.2) is 4.98 Å². The summed E-state index contributed by atoms with van der Waals surface area (Å²) in [7, 11) is 0. The molecule has 20 heavy (non-hydrogen) atoms. The molecule has 1 heterocycles. The van der Waals surface area contributed by atoms with E-state index in [-0.39, 0.29) is 0 Å². The first kappa shape index (κ1) is 14.9. The molecule has 3 nitrogen and oxygen atoms in total. The summed E-state index contributed by atoms with van der Waals surface area (Å²) in [5, 5.41) is 4.23. The molecule has 0 aliphatic carbocycles. The Morgan fingerprint density at radius 1 is 1.15 bits per heavy atom. The van der Waals surface area contributed by atoms with E-state index in [0.717, 1.165) is 24.3 Å². The van der Waals surface area contributed by atoms with Crippen LogP contribution in [0.25, 0.3) is 0 Å². The van der Waals surface area contributed by atoms with E-state index in [1.165, 1.54) is 0 Å². The van der Waals surface area contributed by atoms with Crippen LogP contribution in [0.3, 0.4) is 0 Å². The van der Waals surface area contributed by atoms with E-state index in [0.29, 0.717) is 22.4 Å². The van der Waals surface area contributed by atoms with Crippen molar-refractivity contribution >= 4 is 29.0 Å². The molecule has 0 aliphatic rings. The van der Waals surface area contributed by atoms with Gasteiger partial charge in [0.15, 0.2) is 0 Å². The van der Waals surface area contributed by atoms with Crippen molar-refractivity contribution in [2.45, 2.75) is 20.0 Å².